The monoisotopic (exact) mass is 263 g/mol. The van der Waals surface area contributed by atoms with Crippen molar-refractivity contribution in [2.75, 3.05) is 39.6 Å². The largest absolute Gasteiger partial charge is 0.495 e. The molecule has 1 aromatic carbocycles. The molecular formula is C15H25N3O. The Bertz CT molecular complexity index is 400. The maximum atomic E-state index is 5.42. The molecule has 0 aliphatic carbocycles. The second-order valence-corrected chi connectivity index (χ2v) is 5.45. The van der Waals surface area contributed by atoms with E-state index in [2.05, 4.69) is 41.8 Å². The average molecular weight is 263 g/mol. The summed E-state index contributed by atoms with van der Waals surface area (Å²) in [6.45, 7) is 3.05. The van der Waals surface area contributed by atoms with Gasteiger partial charge in [-0.2, -0.15) is 0 Å². The number of benzene rings is 1. The van der Waals surface area contributed by atoms with Crippen LogP contribution in [0.1, 0.15) is 18.4 Å². The maximum Gasteiger partial charge on any atom is 0.141 e. The van der Waals surface area contributed by atoms with Gasteiger partial charge < -0.3 is 20.3 Å². The van der Waals surface area contributed by atoms with Gasteiger partial charge in [0.1, 0.15) is 5.75 Å². The van der Waals surface area contributed by atoms with E-state index in [0.717, 1.165) is 31.1 Å². The number of rotatable bonds is 6. The first kappa shape index (κ1) is 14.2. The smallest absolute Gasteiger partial charge is 0.141 e. The molecule has 1 atom stereocenters. The Morgan fingerprint density at radius 2 is 2.26 bits per heavy atom. The van der Waals surface area contributed by atoms with Gasteiger partial charge in [0.05, 0.1) is 12.8 Å². The van der Waals surface area contributed by atoms with Crippen molar-refractivity contribution in [3.8, 4) is 5.75 Å². The van der Waals surface area contributed by atoms with Gasteiger partial charge in [0.15, 0.2) is 0 Å². The van der Waals surface area contributed by atoms with Gasteiger partial charge in [0.2, 0.25) is 0 Å². The minimum atomic E-state index is 0.585. The van der Waals surface area contributed by atoms with E-state index in [1.165, 1.54) is 18.4 Å². The lowest BCUT2D eigenvalue weighted by atomic mass is 10.1. The molecule has 0 saturated carbocycles. The normalized spacial score (nSPS) is 18.8. The van der Waals surface area contributed by atoms with Crippen LogP contribution in [0.4, 0.5) is 5.69 Å². The fraction of sp³-hybridized carbons (Fsp3) is 0.600. The molecule has 1 aliphatic heterocycles. The third-order valence-electron chi connectivity index (χ3n) is 3.46. The van der Waals surface area contributed by atoms with Crippen LogP contribution in [0.2, 0.25) is 0 Å². The maximum absolute atomic E-state index is 5.42. The van der Waals surface area contributed by atoms with Crippen molar-refractivity contribution in [1.82, 2.24) is 10.2 Å². The van der Waals surface area contributed by atoms with E-state index in [1.54, 1.807) is 7.11 Å². The van der Waals surface area contributed by atoms with Crippen molar-refractivity contribution in [2.45, 2.75) is 25.4 Å². The molecule has 0 radical (unpaired) electrons. The zero-order valence-corrected chi connectivity index (χ0v) is 12.2. The van der Waals surface area contributed by atoms with Crippen molar-refractivity contribution < 1.29 is 4.74 Å². The number of nitrogens with zero attached hydrogens (tertiary/aromatic N) is 1. The van der Waals surface area contributed by atoms with E-state index in [9.17, 15) is 0 Å². The van der Waals surface area contributed by atoms with Crippen molar-refractivity contribution in [3.05, 3.63) is 23.8 Å². The van der Waals surface area contributed by atoms with Crippen LogP contribution >= 0.6 is 0 Å². The Kier molecular flexibility index (Phi) is 5.05. The Hall–Kier alpha value is -1.26. The van der Waals surface area contributed by atoms with Crippen molar-refractivity contribution in [1.29, 1.82) is 0 Å². The minimum absolute atomic E-state index is 0.585. The first-order chi connectivity index (χ1) is 9.19. The molecule has 1 unspecified atom stereocenters. The number of methoxy groups -OCH3 is 1. The van der Waals surface area contributed by atoms with E-state index in [0.29, 0.717) is 6.04 Å². The summed E-state index contributed by atoms with van der Waals surface area (Å²) in [5.74, 6) is 0.917. The number of anilines is 1. The van der Waals surface area contributed by atoms with Gasteiger partial charge in [-0.05, 0) is 51.2 Å². The summed E-state index contributed by atoms with van der Waals surface area (Å²) in [4.78, 5) is 2.17. The van der Waals surface area contributed by atoms with E-state index in [4.69, 9.17) is 4.74 Å². The molecule has 0 bridgehead atoms. The number of hydrogen-bond acceptors (Lipinski definition) is 4. The topological polar surface area (TPSA) is 36.5 Å². The van der Waals surface area contributed by atoms with Gasteiger partial charge in [-0.15, -0.1) is 0 Å². The predicted molar refractivity (Wildman–Crippen MR) is 79.9 cm³/mol. The lowest BCUT2D eigenvalue weighted by Gasteiger charge is -2.17. The van der Waals surface area contributed by atoms with Gasteiger partial charge in [-0.3, -0.25) is 0 Å². The Morgan fingerprint density at radius 1 is 1.42 bits per heavy atom. The second kappa shape index (κ2) is 6.78. The fourth-order valence-corrected chi connectivity index (χ4v) is 2.52. The Morgan fingerprint density at radius 3 is 2.89 bits per heavy atom. The van der Waals surface area contributed by atoms with Gasteiger partial charge in [0, 0.05) is 19.1 Å². The van der Waals surface area contributed by atoms with Gasteiger partial charge in [-0.25, -0.2) is 0 Å². The molecule has 1 aromatic rings. The summed E-state index contributed by atoms with van der Waals surface area (Å²) >= 11 is 0. The molecule has 1 aliphatic rings. The molecule has 1 fully saturated rings. The summed E-state index contributed by atoms with van der Waals surface area (Å²) in [7, 11) is 5.89. The molecule has 0 spiro atoms. The zero-order valence-electron chi connectivity index (χ0n) is 12.2. The van der Waals surface area contributed by atoms with Crippen LogP contribution in [0.3, 0.4) is 0 Å². The highest BCUT2D eigenvalue weighted by Crippen LogP contribution is 2.26. The molecule has 106 valence electrons. The average Bonchev–Trinajstić information content (AvgIpc) is 2.89. The second-order valence-electron chi connectivity index (χ2n) is 5.45. The van der Waals surface area contributed by atoms with Crippen LogP contribution < -0.4 is 15.4 Å². The lowest BCUT2D eigenvalue weighted by molar-refractivity contribution is 0.400. The highest BCUT2D eigenvalue weighted by Gasteiger charge is 2.14. The molecule has 1 saturated heterocycles. The summed E-state index contributed by atoms with van der Waals surface area (Å²) in [5, 5.41) is 7.01. The first-order valence-electron chi connectivity index (χ1n) is 6.98. The summed E-state index contributed by atoms with van der Waals surface area (Å²) in [5.41, 5.74) is 2.39. The third-order valence-corrected chi connectivity index (χ3v) is 3.46. The van der Waals surface area contributed by atoms with E-state index in [-0.39, 0.29) is 0 Å². The van der Waals surface area contributed by atoms with Crippen LogP contribution in [0.5, 0.6) is 5.75 Å². The predicted octanol–water partition coefficient (Wildman–Crippen LogP) is 1.92. The molecule has 2 rings (SSSR count). The number of nitrogens with one attached hydrogen (secondary N) is 2. The third kappa shape index (κ3) is 4.11. The number of ether oxygens (including phenoxy) is 1. The van der Waals surface area contributed by atoms with Crippen molar-refractivity contribution in [3.63, 3.8) is 0 Å². The standard InChI is InChI=1S/C15H25N3O/c1-18(2)11-12-6-7-15(19-3)14(9-12)17-10-13-5-4-8-16-13/h6-7,9,13,16-17H,4-5,8,10-11H2,1-3H3. The van der Waals surface area contributed by atoms with Gasteiger partial charge in [-0.1, -0.05) is 6.07 Å². The van der Waals surface area contributed by atoms with Crippen LogP contribution in [-0.4, -0.2) is 45.2 Å². The van der Waals surface area contributed by atoms with Gasteiger partial charge in [0.25, 0.3) is 0 Å². The van der Waals surface area contributed by atoms with E-state index < -0.39 is 0 Å². The zero-order chi connectivity index (χ0) is 13.7. The first-order valence-corrected chi connectivity index (χ1v) is 6.98. The summed E-state index contributed by atoms with van der Waals surface area (Å²) in [6.07, 6.45) is 2.54. The van der Waals surface area contributed by atoms with Crippen molar-refractivity contribution >= 4 is 5.69 Å². The molecule has 2 N–H and O–H groups in total. The molecule has 4 nitrogen and oxygen atoms in total. The van der Waals surface area contributed by atoms with Crippen LogP contribution in [0.25, 0.3) is 0 Å². The van der Waals surface area contributed by atoms with Crippen LogP contribution in [0, 0.1) is 0 Å². The lowest BCUT2D eigenvalue weighted by Crippen LogP contribution is -2.29. The van der Waals surface area contributed by atoms with E-state index >= 15 is 0 Å². The molecule has 1 heterocycles. The minimum Gasteiger partial charge on any atom is -0.495 e. The number of hydrogen-bond donors (Lipinski definition) is 2. The Balaban J connectivity index is 2.02. The van der Waals surface area contributed by atoms with Crippen molar-refractivity contribution in [2.24, 2.45) is 0 Å². The summed E-state index contributed by atoms with van der Waals surface area (Å²) in [6, 6.07) is 6.94. The van der Waals surface area contributed by atoms with Gasteiger partial charge >= 0.3 is 0 Å². The highest BCUT2D eigenvalue weighted by atomic mass is 16.5. The molecule has 0 aromatic heterocycles. The summed E-state index contributed by atoms with van der Waals surface area (Å²) < 4.78 is 5.42. The SMILES string of the molecule is COc1ccc(CN(C)C)cc1NCC1CCCN1. The highest BCUT2D eigenvalue weighted by molar-refractivity contribution is 5.58. The molecule has 0 amide bonds. The van der Waals surface area contributed by atoms with Crippen LogP contribution in [-0.2, 0) is 6.54 Å². The molecule has 4 heteroatoms. The fourth-order valence-electron chi connectivity index (χ4n) is 2.52. The van der Waals surface area contributed by atoms with E-state index in [1.807, 2.05) is 6.07 Å². The quantitative estimate of drug-likeness (QED) is 0.822. The molecular weight excluding hydrogens is 238 g/mol. The Labute approximate surface area is 116 Å². The van der Waals surface area contributed by atoms with Crippen LogP contribution in [0.15, 0.2) is 18.2 Å². The molecule has 19 heavy (non-hydrogen) atoms.